The Hall–Kier alpha value is -2.12. The van der Waals surface area contributed by atoms with Gasteiger partial charge < -0.3 is 10.6 Å². The highest BCUT2D eigenvalue weighted by molar-refractivity contribution is 5.87. The van der Waals surface area contributed by atoms with Crippen LogP contribution in [0.15, 0.2) is 10.3 Å². The van der Waals surface area contributed by atoms with Crippen LogP contribution in [0.3, 0.4) is 0 Å². The number of rotatable bonds is 5. The minimum atomic E-state index is -0.575. The molecule has 0 aromatic carbocycles. The highest BCUT2D eigenvalue weighted by Crippen LogP contribution is 2.45. The van der Waals surface area contributed by atoms with Crippen molar-refractivity contribution in [2.75, 3.05) is 6.54 Å². The van der Waals surface area contributed by atoms with Gasteiger partial charge >= 0.3 is 12.2 Å². The molecule has 1 saturated carbocycles. The number of hydrogen-bond donors (Lipinski definition) is 2. The second-order valence-corrected chi connectivity index (χ2v) is 12.4. The van der Waals surface area contributed by atoms with E-state index in [1.54, 1.807) is 0 Å². The molecule has 1 aliphatic carbocycles. The van der Waals surface area contributed by atoms with E-state index in [9.17, 15) is 9.59 Å². The SMILES string of the molecule is C/C(=N\OC(=O)NCC1(C)CC(NC(=O)O/N=C(\C)C(C)(C)C)CC(C)(C)C1)C(C)(C)C. The monoisotopic (exact) mass is 452 g/mol. The van der Waals surface area contributed by atoms with E-state index in [2.05, 4.69) is 41.7 Å². The summed E-state index contributed by atoms with van der Waals surface area (Å²) in [5.74, 6) is 0. The molecule has 2 amide bonds. The van der Waals surface area contributed by atoms with Crippen LogP contribution in [0.2, 0.25) is 0 Å². The van der Waals surface area contributed by atoms with Crippen LogP contribution in [0, 0.1) is 21.7 Å². The number of nitrogens with one attached hydrogen (secondary N) is 2. The average molecular weight is 453 g/mol. The topological polar surface area (TPSA) is 101 Å². The van der Waals surface area contributed by atoms with E-state index in [4.69, 9.17) is 9.68 Å². The zero-order valence-corrected chi connectivity index (χ0v) is 21.9. The van der Waals surface area contributed by atoms with Crippen molar-refractivity contribution in [3.63, 3.8) is 0 Å². The first kappa shape index (κ1) is 27.9. The lowest BCUT2D eigenvalue weighted by Crippen LogP contribution is -2.50. The highest BCUT2D eigenvalue weighted by atomic mass is 16.7. The van der Waals surface area contributed by atoms with E-state index >= 15 is 0 Å². The van der Waals surface area contributed by atoms with Gasteiger partial charge in [-0.1, -0.05) is 72.6 Å². The lowest BCUT2D eigenvalue weighted by atomic mass is 9.62. The van der Waals surface area contributed by atoms with E-state index in [0.717, 1.165) is 24.3 Å². The fourth-order valence-corrected chi connectivity index (χ4v) is 3.88. The summed E-state index contributed by atoms with van der Waals surface area (Å²) >= 11 is 0. The Balaban J connectivity index is 2.71. The first-order chi connectivity index (χ1) is 14.3. The lowest BCUT2D eigenvalue weighted by Gasteiger charge is -2.46. The molecule has 0 aromatic heterocycles. The predicted molar refractivity (Wildman–Crippen MR) is 129 cm³/mol. The molecule has 2 unspecified atom stereocenters. The molecule has 0 radical (unpaired) electrons. The fourth-order valence-electron chi connectivity index (χ4n) is 3.88. The molecular weight excluding hydrogens is 408 g/mol. The number of amides is 2. The van der Waals surface area contributed by atoms with Crippen molar-refractivity contribution in [2.24, 2.45) is 32.0 Å². The van der Waals surface area contributed by atoms with E-state index < -0.39 is 12.2 Å². The highest BCUT2D eigenvalue weighted by Gasteiger charge is 2.42. The standard InChI is InChI=1S/C24H44N4O4/c1-16(21(3,4)5)27-31-19(29)25-15-24(11)13-18(12-23(9,10)14-24)26-20(30)32-28-17(2)22(6,7)8/h18H,12-15H2,1-11H3,(H,25,29)(H,26,30)/b27-16+,28-17+. The van der Waals surface area contributed by atoms with Gasteiger partial charge in [-0.15, -0.1) is 0 Å². The Morgan fingerprint density at radius 2 is 1.34 bits per heavy atom. The Morgan fingerprint density at radius 1 is 0.875 bits per heavy atom. The number of carbonyl (C=O) groups excluding carboxylic acids is 2. The molecular formula is C24H44N4O4. The number of oxime groups is 2. The molecule has 184 valence electrons. The normalized spacial score (nSPS) is 24.5. The van der Waals surface area contributed by atoms with E-state index in [-0.39, 0.29) is 27.7 Å². The number of nitrogens with zero attached hydrogens (tertiary/aromatic N) is 2. The van der Waals surface area contributed by atoms with Crippen LogP contribution in [0.5, 0.6) is 0 Å². The van der Waals surface area contributed by atoms with Crippen molar-refractivity contribution in [1.29, 1.82) is 0 Å². The molecule has 0 heterocycles. The van der Waals surface area contributed by atoms with Crippen molar-refractivity contribution in [2.45, 2.75) is 101 Å². The Kier molecular flexibility index (Phi) is 8.91. The first-order valence-electron chi connectivity index (χ1n) is 11.4. The van der Waals surface area contributed by atoms with Gasteiger partial charge in [-0.2, -0.15) is 0 Å². The molecule has 1 rings (SSSR count). The molecule has 2 N–H and O–H groups in total. The van der Waals surface area contributed by atoms with Gasteiger partial charge in [0.2, 0.25) is 0 Å². The Labute approximate surface area is 193 Å². The second kappa shape index (κ2) is 10.2. The summed E-state index contributed by atoms with van der Waals surface area (Å²) in [6.07, 6.45) is 1.29. The summed E-state index contributed by atoms with van der Waals surface area (Å²) in [5.41, 5.74) is 0.927. The van der Waals surface area contributed by atoms with Crippen molar-refractivity contribution in [3.05, 3.63) is 0 Å². The predicted octanol–water partition coefficient (Wildman–Crippen LogP) is 5.87. The third kappa shape index (κ3) is 9.57. The maximum atomic E-state index is 12.3. The third-order valence-corrected chi connectivity index (χ3v) is 6.13. The van der Waals surface area contributed by atoms with Crippen LogP contribution in [-0.2, 0) is 9.68 Å². The molecule has 32 heavy (non-hydrogen) atoms. The molecule has 2 atom stereocenters. The molecule has 1 aliphatic rings. The third-order valence-electron chi connectivity index (χ3n) is 6.13. The molecule has 0 aromatic rings. The van der Waals surface area contributed by atoms with Gasteiger partial charge in [-0.25, -0.2) is 9.59 Å². The van der Waals surface area contributed by atoms with E-state index in [1.165, 1.54) is 0 Å². The summed E-state index contributed by atoms with van der Waals surface area (Å²) < 4.78 is 0. The van der Waals surface area contributed by atoms with Gasteiger partial charge in [0.05, 0.1) is 11.4 Å². The molecule has 0 saturated heterocycles. The van der Waals surface area contributed by atoms with Crippen LogP contribution in [0.25, 0.3) is 0 Å². The quantitative estimate of drug-likeness (QED) is 0.309. The van der Waals surface area contributed by atoms with Crippen LogP contribution in [0.1, 0.15) is 95.4 Å². The molecule has 8 nitrogen and oxygen atoms in total. The smallest absolute Gasteiger partial charge is 0.319 e. The number of carbonyl (C=O) groups is 2. The minimum Gasteiger partial charge on any atom is -0.319 e. The van der Waals surface area contributed by atoms with Gasteiger partial charge in [0.25, 0.3) is 0 Å². The average Bonchev–Trinajstić information content (AvgIpc) is 2.59. The summed E-state index contributed by atoms with van der Waals surface area (Å²) in [4.78, 5) is 34.6. The molecule has 0 spiro atoms. The lowest BCUT2D eigenvalue weighted by molar-refractivity contribution is 0.0628. The zero-order valence-electron chi connectivity index (χ0n) is 21.9. The van der Waals surface area contributed by atoms with Gasteiger partial charge in [-0.3, -0.25) is 9.68 Å². The zero-order chi connectivity index (χ0) is 25.0. The van der Waals surface area contributed by atoms with Gasteiger partial charge in [0.15, 0.2) is 0 Å². The Morgan fingerprint density at radius 3 is 1.81 bits per heavy atom. The summed E-state index contributed by atoms with van der Waals surface area (Å²) in [6.45, 7) is 22.6. The summed E-state index contributed by atoms with van der Waals surface area (Å²) in [5, 5.41) is 13.7. The number of hydrogen-bond acceptors (Lipinski definition) is 6. The summed E-state index contributed by atoms with van der Waals surface area (Å²) in [7, 11) is 0. The minimum absolute atomic E-state index is 0.0118. The fraction of sp³-hybridized carbons (Fsp3) is 0.833. The largest absolute Gasteiger partial charge is 0.433 e. The van der Waals surface area contributed by atoms with Crippen molar-refractivity contribution < 1.29 is 19.3 Å². The first-order valence-corrected chi connectivity index (χ1v) is 11.4. The Bertz CT molecular complexity index is 744. The maximum Gasteiger partial charge on any atom is 0.433 e. The second-order valence-electron chi connectivity index (χ2n) is 12.4. The summed E-state index contributed by atoms with van der Waals surface area (Å²) in [6, 6.07) is -0.0830. The van der Waals surface area contributed by atoms with Crippen LogP contribution < -0.4 is 10.6 Å². The van der Waals surface area contributed by atoms with E-state index in [0.29, 0.717) is 13.0 Å². The molecule has 0 aliphatic heterocycles. The van der Waals surface area contributed by atoms with Crippen molar-refractivity contribution >= 4 is 23.6 Å². The van der Waals surface area contributed by atoms with Crippen molar-refractivity contribution in [3.8, 4) is 0 Å². The van der Waals surface area contributed by atoms with Gasteiger partial charge in [0, 0.05) is 23.4 Å². The van der Waals surface area contributed by atoms with Crippen LogP contribution >= 0.6 is 0 Å². The van der Waals surface area contributed by atoms with E-state index in [1.807, 2.05) is 55.4 Å². The van der Waals surface area contributed by atoms with Crippen LogP contribution in [-0.4, -0.2) is 36.2 Å². The van der Waals surface area contributed by atoms with Crippen LogP contribution in [0.4, 0.5) is 9.59 Å². The van der Waals surface area contributed by atoms with Gasteiger partial charge in [-0.05, 0) is 43.9 Å². The van der Waals surface area contributed by atoms with Crippen molar-refractivity contribution in [1.82, 2.24) is 10.6 Å². The maximum absolute atomic E-state index is 12.3. The molecule has 8 heteroatoms. The molecule has 1 fully saturated rings. The molecule has 0 bridgehead atoms. The van der Waals surface area contributed by atoms with Gasteiger partial charge in [0.1, 0.15) is 0 Å².